The van der Waals surface area contributed by atoms with Crippen molar-refractivity contribution in [1.29, 1.82) is 0 Å². The fourth-order valence-electron chi connectivity index (χ4n) is 3.70. The van der Waals surface area contributed by atoms with Crippen LogP contribution in [0, 0.1) is 0 Å². The average Bonchev–Trinajstić information content (AvgIpc) is 2.62. The highest BCUT2D eigenvalue weighted by molar-refractivity contribution is 5.37. The predicted octanol–water partition coefficient (Wildman–Crippen LogP) is 2.19. The maximum Gasteiger partial charge on any atom is 0.129 e. The Kier molecular flexibility index (Phi) is 4.90. The van der Waals surface area contributed by atoms with E-state index in [-0.39, 0.29) is 6.10 Å². The van der Waals surface area contributed by atoms with Gasteiger partial charge in [-0.15, -0.1) is 0 Å². The summed E-state index contributed by atoms with van der Waals surface area (Å²) in [5, 5.41) is 13.0. The largest absolute Gasteiger partial charge is 0.393 e. The van der Waals surface area contributed by atoms with Crippen molar-refractivity contribution in [2.75, 3.05) is 18.4 Å². The number of piperidine rings is 1. The number of hydrogen-bond donors (Lipinski definition) is 2. The highest BCUT2D eigenvalue weighted by Gasteiger charge is 2.30. The van der Waals surface area contributed by atoms with Gasteiger partial charge in [-0.1, -0.05) is 6.07 Å². The van der Waals surface area contributed by atoms with E-state index in [4.69, 9.17) is 0 Å². The molecular weight excluding hydrogens is 314 g/mol. The molecule has 132 valence electrons. The van der Waals surface area contributed by atoms with Crippen molar-refractivity contribution in [2.45, 2.75) is 50.3 Å². The van der Waals surface area contributed by atoms with Gasteiger partial charge in [0.25, 0.3) is 0 Å². The molecule has 0 radical (unpaired) electrons. The van der Waals surface area contributed by atoms with Gasteiger partial charge in [0.05, 0.1) is 6.10 Å². The molecule has 2 aliphatic rings. The number of rotatable bonds is 5. The molecule has 0 unspecified atom stereocenters. The van der Waals surface area contributed by atoms with E-state index in [1.54, 1.807) is 6.33 Å². The van der Waals surface area contributed by atoms with Crippen molar-refractivity contribution < 1.29 is 5.11 Å². The molecule has 4 rings (SSSR count). The van der Waals surface area contributed by atoms with Gasteiger partial charge < -0.3 is 10.4 Å². The molecule has 6 nitrogen and oxygen atoms in total. The minimum absolute atomic E-state index is 0.152. The lowest BCUT2D eigenvalue weighted by molar-refractivity contribution is 0.0732. The summed E-state index contributed by atoms with van der Waals surface area (Å²) in [5.41, 5.74) is 2.33. The molecule has 2 fully saturated rings. The molecule has 0 spiro atoms. The zero-order valence-corrected chi connectivity index (χ0v) is 14.4. The molecule has 0 bridgehead atoms. The Morgan fingerprint density at radius 3 is 2.76 bits per heavy atom. The molecule has 1 saturated carbocycles. The second-order valence-electron chi connectivity index (χ2n) is 7.21. The number of pyridine rings is 1. The lowest BCUT2D eigenvalue weighted by Crippen LogP contribution is -2.38. The van der Waals surface area contributed by atoms with Gasteiger partial charge in [-0.25, -0.2) is 9.97 Å². The molecule has 2 aromatic heterocycles. The standard InChI is InChI=1S/C19H25N5O/c25-17-8-15(9-17)18-10-19(22-13-21-18)23-16-3-6-24(7-4-16)12-14-2-1-5-20-11-14/h1-2,5,10-11,13,15-17,25H,3-4,6-9,12H2,(H,21,22,23). The van der Waals surface area contributed by atoms with E-state index in [0.717, 1.165) is 56.8 Å². The second-order valence-corrected chi connectivity index (χ2v) is 7.21. The number of likely N-dealkylation sites (tertiary alicyclic amines) is 1. The molecule has 0 amide bonds. The number of nitrogens with zero attached hydrogens (tertiary/aromatic N) is 4. The summed E-state index contributed by atoms with van der Waals surface area (Å²) in [6, 6.07) is 6.65. The Morgan fingerprint density at radius 2 is 2.04 bits per heavy atom. The summed E-state index contributed by atoms with van der Waals surface area (Å²) in [6.07, 6.45) is 9.13. The number of aromatic nitrogens is 3. The van der Waals surface area contributed by atoms with E-state index in [1.807, 2.05) is 18.5 Å². The number of hydrogen-bond acceptors (Lipinski definition) is 6. The number of aliphatic hydroxyl groups is 1. The molecular formula is C19H25N5O. The first kappa shape index (κ1) is 16.4. The van der Waals surface area contributed by atoms with Gasteiger partial charge in [0.15, 0.2) is 0 Å². The van der Waals surface area contributed by atoms with Crippen LogP contribution in [0.3, 0.4) is 0 Å². The molecule has 1 saturated heterocycles. The summed E-state index contributed by atoms with van der Waals surface area (Å²) in [4.78, 5) is 15.4. The van der Waals surface area contributed by atoms with E-state index >= 15 is 0 Å². The van der Waals surface area contributed by atoms with Crippen molar-refractivity contribution in [1.82, 2.24) is 19.9 Å². The van der Waals surface area contributed by atoms with Crippen LogP contribution in [0.1, 0.15) is 42.9 Å². The van der Waals surface area contributed by atoms with Crippen LogP contribution in [0.25, 0.3) is 0 Å². The minimum atomic E-state index is -0.152. The Hall–Kier alpha value is -2.05. The zero-order chi connectivity index (χ0) is 17.1. The molecule has 2 aromatic rings. The van der Waals surface area contributed by atoms with Crippen LogP contribution in [0.15, 0.2) is 36.9 Å². The lowest BCUT2D eigenvalue weighted by atomic mass is 9.80. The third-order valence-corrected chi connectivity index (χ3v) is 5.29. The van der Waals surface area contributed by atoms with Crippen molar-refractivity contribution in [3.8, 4) is 0 Å². The summed E-state index contributed by atoms with van der Waals surface area (Å²) in [5.74, 6) is 1.30. The Balaban J connectivity index is 1.28. The van der Waals surface area contributed by atoms with Crippen LogP contribution in [-0.2, 0) is 6.54 Å². The lowest BCUT2D eigenvalue weighted by Gasteiger charge is -2.33. The van der Waals surface area contributed by atoms with E-state index in [9.17, 15) is 5.11 Å². The van der Waals surface area contributed by atoms with Crippen LogP contribution in [-0.4, -0.2) is 50.2 Å². The normalized spacial score (nSPS) is 24.7. The number of nitrogens with one attached hydrogen (secondary N) is 1. The van der Waals surface area contributed by atoms with E-state index in [0.29, 0.717) is 12.0 Å². The van der Waals surface area contributed by atoms with Gasteiger partial charge >= 0.3 is 0 Å². The van der Waals surface area contributed by atoms with Crippen LogP contribution in [0.4, 0.5) is 5.82 Å². The van der Waals surface area contributed by atoms with E-state index < -0.39 is 0 Å². The summed E-state index contributed by atoms with van der Waals surface area (Å²) < 4.78 is 0. The van der Waals surface area contributed by atoms with Gasteiger partial charge in [-0.2, -0.15) is 0 Å². The fraction of sp³-hybridized carbons (Fsp3) is 0.526. The van der Waals surface area contributed by atoms with Crippen molar-refractivity contribution in [3.63, 3.8) is 0 Å². The fourth-order valence-corrected chi connectivity index (χ4v) is 3.70. The number of aliphatic hydroxyl groups excluding tert-OH is 1. The monoisotopic (exact) mass is 339 g/mol. The molecule has 25 heavy (non-hydrogen) atoms. The number of anilines is 1. The van der Waals surface area contributed by atoms with Crippen LogP contribution in [0.5, 0.6) is 0 Å². The molecule has 1 aliphatic carbocycles. The second kappa shape index (κ2) is 7.45. The van der Waals surface area contributed by atoms with E-state index in [2.05, 4.69) is 37.3 Å². The summed E-state index contributed by atoms with van der Waals surface area (Å²) >= 11 is 0. The quantitative estimate of drug-likeness (QED) is 0.870. The first-order valence-corrected chi connectivity index (χ1v) is 9.14. The Morgan fingerprint density at radius 1 is 1.20 bits per heavy atom. The first-order chi connectivity index (χ1) is 12.3. The average molecular weight is 339 g/mol. The van der Waals surface area contributed by atoms with Crippen LogP contribution in [0.2, 0.25) is 0 Å². The molecule has 3 heterocycles. The topological polar surface area (TPSA) is 74.2 Å². The third kappa shape index (κ3) is 4.14. The molecule has 6 heteroatoms. The van der Waals surface area contributed by atoms with Crippen molar-refractivity contribution in [2.24, 2.45) is 0 Å². The smallest absolute Gasteiger partial charge is 0.129 e. The summed E-state index contributed by atoms with van der Waals surface area (Å²) in [7, 11) is 0. The first-order valence-electron chi connectivity index (χ1n) is 9.14. The van der Waals surface area contributed by atoms with Gasteiger partial charge in [-0.05, 0) is 37.3 Å². The predicted molar refractivity (Wildman–Crippen MR) is 96.2 cm³/mol. The van der Waals surface area contributed by atoms with Crippen LogP contribution < -0.4 is 5.32 Å². The highest BCUT2D eigenvalue weighted by Crippen LogP contribution is 2.36. The van der Waals surface area contributed by atoms with Gasteiger partial charge in [-0.3, -0.25) is 9.88 Å². The minimum Gasteiger partial charge on any atom is -0.393 e. The van der Waals surface area contributed by atoms with Crippen LogP contribution >= 0.6 is 0 Å². The SMILES string of the molecule is OC1CC(c2cc(NC3CCN(Cc4cccnc4)CC3)ncn2)C1. The molecule has 0 aromatic carbocycles. The van der Waals surface area contributed by atoms with Crippen molar-refractivity contribution >= 4 is 5.82 Å². The summed E-state index contributed by atoms with van der Waals surface area (Å²) in [6.45, 7) is 3.14. The maximum absolute atomic E-state index is 9.47. The van der Waals surface area contributed by atoms with E-state index in [1.165, 1.54) is 5.56 Å². The van der Waals surface area contributed by atoms with Crippen molar-refractivity contribution in [3.05, 3.63) is 48.2 Å². The van der Waals surface area contributed by atoms with Gasteiger partial charge in [0, 0.05) is 55.7 Å². The third-order valence-electron chi connectivity index (χ3n) is 5.29. The van der Waals surface area contributed by atoms with Gasteiger partial charge in [0.1, 0.15) is 12.1 Å². The Labute approximate surface area is 148 Å². The maximum atomic E-state index is 9.47. The molecule has 1 aliphatic heterocycles. The molecule has 0 atom stereocenters. The molecule has 2 N–H and O–H groups in total. The Bertz CT molecular complexity index is 681. The zero-order valence-electron chi connectivity index (χ0n) is 14.4. The highest BCUT2D eigenvalue weighted by atomic mass is 16.3. The van der Waals surface area contributed by atoms with Gasteiger partial charge in [0.2, 0.25) is 0 Å².